The van der Waals surface area contributed by atoms with Gasteiger partial charge >= 0.3 is 0 Å². The molecule has 4 heteroatoms. The molecule has 1 saturated carbocycles. The van der Waals surface area contributed by atoms with Crippen molar-refractivity contribution >= 4 is 28.3 Å². The van der Waals surface area contributed by atoms with Crippen LogP contribution in [0.4, 0.5) is 5.82 Å². The molecule has 3 nitrogen and oxygen atoms in total. The second-order valence-corrected chi connectivity index (χ2v) is 5.94. The first kappa shape index (κ1) is 12.7. The molecule has 19 heavy (non-hydrogen) atoms. The number of fused-ring (bicyclic) bond motifs is 1. The van der Waals surface area contributed by atoms with Gasteiger partial charge in [-0.3, -0.25) is 0 Å². The highest BCUT2D eigenvalue weighted by molar-refractivity contribution is 6.28. The number of hydrogen-bond donors (Lipinski definition) is 1. The molecule has 0 radical (unpaired) electrons. The van der Waals surface area contributed by atoms with Gasteiger partial charge in [-0.25, -0.2) is 9.97 Å². The van der Waals surface area contributed by atoms with Crippen LogP contribution in [0, 0.1) is 0 Å². The molecule has 1 aliphatic rings. The maximum absolute atomic E-state index is 6.02. The standard InChI is InChI=1S/C15H18ClN3/c1-15(9-5-2-6-10-15)19-13-11-7-3-4-8-12(11)17-14(16)18-13/h3-4,7-8H,2,5-6,9-10H2,1H3,(H,17,18,19). The van der Waals surface area contributed by atoms with Crippen LogP contribution in [0.5, 0.6) is 0 Å². The fourth-order valence-electron chi connectivity index (χ4n) is 2.89. The number of aromatic nitrogens is 2. The monoisotopic (exact) mass is 275 g/mol. The van der Waals surface area contributed by atoms with Gasteiger partial charge < -0.3 is 5.32 Å². The van der Waals surface area contributed by atoms with Crippen molar-refractivity contribution in [2.45, 2.75) is 44.6 Å². The highest BCUT2D eigenvalue weighted by atomic mass is 35.5. The lowest BCUT2D eigenvalue weighted by atomic mass is 9.83. The Labute approximate surface area is 118 Å². The molecular weight excluding hydrogens is 258 g/mol. The largest absolute Gasteiger partial charge is 0.364 e. The summed E-state index contributed by atoms with van der Waals surface area (Å²) in [5.74, 6) is 0.861. The molecule has 1 aromatic carbocycles. The molecule has 1 aliphatic carbocycles. The molecule has 1 fully saturated rings. The van der Waals surface area contributed by atoms with E-state index in [0.717, 1.165) is 16.7 Å². The van der Waals surface area contributed by atoms with Gasteiger partial charge in [-0.05, 0) is 43.5 Å². The number of halogens is 1. The first-order valence-electron chi connectivity index (χ1n) is 6.87. The molecule has 3 rings (SSSR count). The van der Waals surface area contributed by atoms with Crippen LogP contribution in [0.3, 0.4) is 0 Å². The lowest BCUT2D eigenvalue weighted by Crippen LogP contribution is -2.37. The Hall–Kier alpha value is -1.35. The van der Waals surface area contributed by atoms with Crippen molar-refractivity contribution < 1.29 is 0 Å². The van der Waals surface area contributed by atoms with E-state index in [9.17, 15) is 0 Å². The third-order valence-electron chi connectivity index (χ3n) is 3.95. The normalized spacial score (nSPS) is 18.4. The van der Waals surface area contributed by atoms with E-state index >= 15 is 0 Å². The van der Waals surface area contributed by atoms with Crippen LogP contribution >= 0.6 is 11.6 Å². The summed E-state index contributed by atoms with van der Waals surface area (Å²) < 4.78 is 0. The van der Waals surface area contributed by atoms with Crippen LogP contribution in [0.25, 0.3) is 10.9 Å². The summed E-state index contributed by atoms with van der Waals surface area (Å²) in [7, 11) is 0. The molecule has 0 spiro atoms. The van der Waals surface area contributed by atoms with Crippen molar-refractivity contribution in [3.05, 3.63) is 29.5 Å². The number of nitrogens with one attached hydrogen (secondary N) is 1. The number of para-hydroxylation sites is 1. The number of hydrogen-bond acceptors (Lipinski definition) is 3. The highest BCUT2D eigenvalue weighted by Crippen LogP contribution is 2.33. The molecule has 100 valence electrons. The van der Waals surface area contributed by atoms with E-state index in [1.807, 2.05) is 24.3 Å². The van der Waals surface area contributed by atoms with Crippen LogP contribution in [-0.2, 0) is 0 Å². The van der Waals surface area contributed by atoms with Crippen LogP contribution in [0.1, 0.15) is 39.0 Å². The summed E-state index contributed by atoms with van der Waals surface area (Å²) in [5.41, 5.74) is 1.02. The molecule has 2 aromatic rings. The SMILES string of the molecule is CC1(Nc2nc(Cl)nc3ccccc23)CCCCC1. The van der Waals surface area contributed by atoms with Crippen LogP contribution < -0.4 is 5.32 Å². The molecule has 1 heterocycles. The van der Waals surface area contributed by atoms with Gasteiger partial charge in [0, 0.05) is 10.9 Å². The summed E-state index contributed by atoms with van der Waals surface area (Å²) in [5, 5.41) is 4.95. The molecule has 1 aromatic heterocycles. The predicted octanol–water partition coefficient (Wildman–Crippen LogP) is 4.42. The van der Waals surface area contributed by atoms with E-state index in [0.29, 0.717) is 5.28 Å². The molecule has 0 aliphatic heterocycles. The fourth-order valence-corrected chi connectivity index (χ4v) is 3.06. The van der Waals surface area contributed by atoms with Gasteiger partial charge in [-0.15, -0.1) is 0 Å². The zero-order chi connectivity index (χ0) is 13.3. The maximum atomic E-state index is 6.02. The lowest BCUT2D eigenvalue weighted by Gasteiger charge is -2.35. The van der Waals surface area contributed by atoms with E-state index in [1.165, 1.54) is 32.1 Å². The molecule has 0 atom stereocenters. The van der Waals surface area contributed by atoms with Crippen LogP contribution in [0.15, 0.2) is 24.3 Å². The lowest BCUT2D eigenvalue weighted by molar-refractivity contribution is 0.349. The van der Waals surface area contributed by atoms with Gasteiger partial charge in [0.25, 0.3) is 0 Å². The Bertz CT molecular complexity index is 591. The average molecular weight is 276 g/mol. The molecule has 0 unspecified atom stereocenters. The first-order valence-corrected chi connectivity index (χ1v) is 7.25. The average Bonchev–Trinajstić information content (AvgIpc) is 2.39. The summed E-state index contributed by atoms with van der Waals surface area (Å²) in [6.07, 6.45) is 6.26. The Balaban J connectivity index is 2.00. The minimum atomic E-state index is 0.124. The van der Waals surface area contributed by atoms with Gasteiger partial charge in [0.2, 0.25) is 5.28 Å². The van der Waals surface area contributed by atoms with Crippen LogP contribution in [0.2, 0.25) is 5.28 Å². The van der Waals surface area contributed by atoms with Gasteiger partial charge in [0.1, 0.15) is 5.82 Å². The topological polar surface area (TPSA) is 37.8 Å². The predicted molar refractivity (Wildman–Crippen MR) is 79.7 cm³/mol. The second kappa shape index (κ2) is 4.97. The van der Waals surface area contributed by atoms with E-state index in [2.05, 4.69) is 22.2 Å². The van der Waals surface area contributed by atoms with E-state index in [1.54, 1.807) is 0 Å². The molecular formula is C15H18ClN3. The Kier molecular flexibility index (Phi) is 3.31. The third kappa shape index (κ3) is 2.66. The number of nitrogens with zero attached hydrogens (tertiary/aromatic N) is 2. The van der Waals surface area contributed by atoms with Crippen molar-refractivity contribution in [3.8, 4) is 0 Å². The quantitative estimate of drug-likeness (QED) is 0.825. The van der Waals surface area contributed by atoms with Crippen LogP contribution in [-0.4, -0.2) is 15.5 Å². The highest BCUT2D eigenvalue weighted by Gasteiger charge is 2.27. The van der Waals surface area contributed by atoms with Crippen molar-refractivity contribution in [2.24, 2.45) is 0 Å². The van der Waals surface area contributed by atoms with Crippen molar-refractivity contribution in [1.82, 2.24) is 9.97 Å². The molecule has 1 N–H and O–H groups in total. The van der Waals surface area contributed by atoms with Crippen molar-refractivity contribution in [1.29, 1.82) is 0 Å². The summed E-state index contributed by atoms with van der Waals surface area (Å²) >= 11 is 6.02. The smallest absolute Gasteiger partial charge is 0.224 e. The summed E-state index contributed by atoms with van der Waals surface area (Å²) in [4.78, 5) is 8.65. The van der Waals surface area contributed by atoms with Gasteiger partial charge in [0.15, 0.2) is 0 Å². The van der Waals surface area contributed by atoms with E-state index in [-0.39, 0.29) is 5.54 Å². The maximum Gasteiger partial charge on any atom is 0.224 e. The molecule has 0 amide bonds. The Morgan fingerprint density at radius 3 is 2.63 bits per heavy atom. The zero-order valence-corrected chi connectivity index (χ0v) is 11.9. The van der Waals surface area contributed by atoms with E-state index < -0.39 is 0 Å². The van der Waals surface area contributed by atoms with Gasteiger partial charge in [-0.1, -0.05) is 31.4 Å². The molecule has 0 saturated heterocycles. The summed E-state index contributed by atoms with van der Waals surface area (Å²) in [6, 6.07) is 7.99. The van der Waals surface area contributed by atoms with E-state index in [4.69, 9.17) is 11.6 Å². The Morgan fingerprint density at radius 1 is 1.11 bits per heavy atom. The number of benzene rings is 1. The first-order chi connectivity index (χ1) is 9.16. The second-order valence-electron chi connectivity index (χ2n) is 5.60. The number of anilines is 1. The van der Waals surface area contributed by atoms with Gasteiger partial charge in [-0.2, -0.15) is 0 Å². The van der Waals surface area contributed by atoms with Crippen molar-refractivity contribution in [3.63, 3.8) is 0 Å². The Morgan fingerprint density at radius 2 is 1.84 bits per heavy atom. The van der Waals surface area contributed by atoms with Gasteiger partial charge in [0.05, 0.1) is 5.52 Å². The summed E-state index contributed by atoms with van der Waals surface area (Å²) in [6.45, 7) is 2.27. The fraction of sp³-hybridized carbons (Fsp3) is 0.467. The number of rotatable bonds is 2. The minimum absolute atomic E-state index is 0.124. The molecule has 0 bridgehead atoms. The third-order valence-corrected chi connectivity index (χ3v) is 4.12. The van der Waals surface area contributed by atoms with Crippen molar-refractivity contribution in [2.75, 3.05) is 5.32 Å². The zero-order valence-electron chi connectivity index (χ0n) is 11.1. The minimum Gasteiger partial charge on any atom is -0.364 e.